The third-order valence-corrected chi connectivity index (χ3v) is 3.91. The van der Waals surface area contributed by atoms with Crippen LogP contribution in [-0.2, 0) is 6.54 Å². The molecule has 0 aromatic carbocycles. The first kappa shape index (κ1) is 15.3. The Morgan fingerprint density at radius 2 is 2.05 bits per heavy atom. The zero-order valence-corrected chi connectivity index (χ0v) is 13.3. The number of ether oxygens (including phenoxy) is 1. The van der Waals surface area contributed by atoms with Crippen molar-refractivity contribution in [1.29, 1.82) is 0 Å². The molecule has 0 spiro atoms. The molecule has 0 bridgehead atoms. The predicted molar refractivity (Wildman–Crippen MR) is 82.9 cm³/mol. The summed E-state index contributed by atoms with van der Waals surface area (Å²) >= 11 is 0. The van der Waals surface area contributed by atoms with Crippen LogP contribution in [0.25, 0.3) is 0 Å². The van der Waals surface area contributed by atoms with Gasteiger partial charge in [-0.3, -0.25) is 4.98 Å². The predicted octanol–water partition coefficient (Wildman–Crippen LogP) is 3.93. The van der Waals surface area contributed by atoms with Crippen molar-refractivity contribution in [2.75, 3.05) is 0 Å². The topological polar surface area (TPSA) is 34.1 Å². The van der Waals surface area contributed by atoms with Crippen molar-refractivity contribution >= 4 is 0 Å². The highest BCUT2D eigenvalue weighted by Gasteiger charge is 2.22. The molecule has 2 unspecified atom stereocenters. The molecule has 1 heterocycles. The van der Waals surface area contributed by atoms with Crippen molar-refractivity contribution in [2.24, 2.45) is 5.92 Å². The maximum absolute atomic E-state index is 6.17. The van der Waals surface area contributed by atoms with Crippen molar-refractivity contribution in [3.63, 3.8) is 0 Å². The van der Waals surface area contributed by atoms with Gasteiger partial charge in [0.1, 0.15) is 11.9 Å². The van der Waals surface area contributed by atoms with Crippen LogP contribution in [0.3, 0.4) is 0 Å². The molecule has 1 aliphatic carbocycles. The highest BCUT2D eigenvalue weighted by Crippen LogP contribution is 2.28. The SMILES string of the molecule is CC1CCCCC1Oc1ccnc(CNC(C)(C)C)c1. The van der Waals surface area contributed by atoms with E-state index in [1.165, 1.54) is 25.7 Å². The molecular weight excluding hydrogens is 248 g/mol. The summed E-state index contributed by atoms with van der Waals surface area (Å²) in [5, 5.41) is 3.46. The number of nitrogens with zero attached hydrogens (tertiary/aromatic N) is 1. The number of pyridine rings is 1. The lowest BCUT2D eigenvalue weighted by atomic mass is 9.88. The molecule has 1 aromatic heterocycles. The van der Waals surface area contributed by atoms with Crippen LogP contribution in [0.1, 0.15) is 59.1 Å². The number of hydrogen-bond acceptors (Lipinski definition) is 3. The molecule has 0 aliphatic heterocycles. The number of nitrogens with one attached hydrogen (secondary N) is 1. The van der Waals surface area contributed by atoms with Crippen LogP contribution >= 0.6 is 0 Å². The van der Waals surface area contributed by atoms with E-state index >= 15 is 0 Å². The van der Waals surface area contributed by atoms with Gasteiger partial charge >= 0.3 is 0 Å². The van der Waals surface area contributed by atoms with E-state index in [9.17, 15) is 0 Å². The monoisotopic (exact) mass is 276 g/mol. The molecule has 3 heteroatoms. The summed E-state index contributed by atoms with van der Waals surface area (Å²) in [6, 6.07) is 4.04. The number of hydrogen-bond donors (Lipinski definition) is 1. The fourth-order valence-electron chi connectivity index (χ4n) is 2.61. The van der Waals surface area contributed by atoms with Crippen LogP contribution in [0.4, 0.5) is 0 Å². The first-order valence-corrected chi connectivity index (χ1v) is 7.81. The Balaban J connectivity index is 1.95. The maximum Gasteiger partial charge on any atom is 0.123 e. The molecule has 2 rings (SSSR count). The molecule has 112 valence electrons. The van der Waals surface area contributed by atoms with Gasteiger partial charge < -0.3 is 10.1 Å². The van der Waals surface area contributed by atoms with E-state index in [2.05, 4.69) is 44.1 Å². The molecule has 0 amide bonds. The largest absolute Gasteiger partial charge is 0.490 e. The van der Waals surface area contributed by atoms with E-state index in [4.69, 9.17) is 4.74 Å². The molecule has 1 fully saturated rings. The smallest absolute Gasteiger partial charge is 0.123 e. The zero-order valence-electron chi connectivity index (χ0n) is 13.3. The molecule has 0 radical (unpaired) electrons. The summed E-state index contributed by atoms with van der Waals surface area (Å²) in [4.78, 5) is 4.41. The molecular formula is C17H28N2O. The lowest BCUT2D eigenvalue weighted by Gasteiger charge is -2.29. The first-order chi connectivity index (χ1) is 9.44. The standard InChI is InChI=1S/C17H28N2O/c1-13-7-5-6-8-16(13)20-15-9-10-18-14(11-15)12-19-17(2,3)4/h9-11,13,16,19H,5-8,12H2,1-4H3. The van der Waals surface area contributed by atoms with Gasteiger partial charge in [-0.15, -0.1) is 0 Å². The lowest BCUT2D eigenvalue weighted by Crippen LogP contribution is -2.35. The van der Waals surface area contributed by atoms with Gasteiger partial charge in [-0.25, -0.2) is 0 Å². The number of rotatable bonds is 4. The van der Waals surface area contributed by atoms with Crippen LogP contribution in [0.2, 0.25) is 0 Å². The van der Waals surface area contributed by atoms with Gasteiger partial charge in [0.15, 0.2) is 0 Å². The Hall–Kier alpha value is -1.09. The van der Waals surface area contributed by atoms with Gasteiger partial charge in [-0.2, -0.15) is 0 Å². The maximum atomic E-state index is 6.17. The average molecular weight is 276 g/mol. The minimum Gasteiger partial charge on any atom is -0.490 e. The summed E-state index contributed by atoms with van der Waals surface area (Å²) in [5.74, 6) is 1.62. The fraction of sp³-hybridized carbons (Fsp3) is 0.706. The summed E-state index contributed by atoms with van der Waals surface area (Å²) in [6.07, 6.45) is 7.32. The van der Waals surface area contributed by atoms with Gasteiger partial charge in [0.05, 0.1) is 5.69 Å². The van der Waals surface area contributed by atoms with E-state index in [-0.39, 0.29) is 5.54 Å². The van der Waals surface area contributed by atoms with Gasteiger partial charge in [0.2, 0.25) is 0 Å². The lowest BCUT2D eigenvalue weighted by molar-refractivity contribution is 0.102. The third kappa shape index (κ3) is 4.78. The van der Waals surface area contributed by atoms with Crippen molar-refractivity contribution in [2.45, 2.75) is 71.6 Å². The summed E-state index contributed by atoms with van der Waals surface area (Å²) < 4.78 is 6.17. The minimum atomic E-state index is 0.108. The van der Waals surface area contributed by atoms with Crippen LogP contribution in [-0.4, -0.2) is 16.6 Å². The van der Waals surface area contributed by atoms with Gasteiger partial charge in [-0.1, -0.05) is 13.3 Å². The summed E-state index contributed by atoms with van der Waals surface area (Å²) in [5.41, 5.74) is 1.15. The van der Waals surface area contributed by atoms with E-state index in [1.807, 2.05) is 12.3 Å². The van der Waals surface area contributed by atoms with Gasteiger partial charge in [-0.05, 0) is 52.0 Å². The Kier molecular flexibility index (Phi) is 5.03. The normalized spacial score (nSPS) is 23.6. The molecule has 0 saturated heterocycles. The summed E-state index contributed by atoms with van der Waals surface area (Å²) in [7, 11) is 0. The second-order valence-electron chi connectivity index (χ2n) is 7.00. The average Bonchev–Trinajstić information content (AvgIpc) is 2.39. The first-order valence-electron chi connectivity index (χ1n) is 7.81. The molecule has 3 nitrogen and oxygen atoms in total. The van der Waals surface area contributed by atoms with Crippen LogP contribution in [0, 0.1) is 5.92 Å². The molecule has 1 saturated carbocycles. The van der Waals surface area contributed by atoms with Gasteiger partial charge in [0.25, 0.3) is 0 Å². The summed E-state index contributed by atoms with van der Waals surface area (Å²) in [6.45, 7) is 9.57. The van der Waals surface area contributed by atoms with Crippen LogP contribution in [0.15, 0.2) is 18.3 Å². The van der Waals surface area contributed by atoms with Crippen molar-refractivity contribution in [3.8, 4) is 5.75 Å². The molecule has 1 N–H and O–H groups in total. The minimum absolute atomic E-state index is 0.108. The van der Waals surface area contributed by atoms with Crippen LogP contribution in [0.5, 0.6) is 5.75 Å². The molecule has 20 heavy (non-hydrogen) atoms. The van der Waals surface area contributed by atoms with Crippen molar-refractivity contribution < 1.29 is 4.74 Å². The van der Waals surface area contributed by atoms with Gasteiger partial charge in [0, 0.05) is 24.3 Å². The Morgan fingerprint density at radius 1 is 1.30 bits per heavy atom. The Labute approximate surface area is 123 Å². The molecule has 1 aromatic rings. The molecule has 2 atom stereocenters. The quantitative estimate of drug-likeness (QED) is 0.905. The van der Waals surface area contributed by atoms with E-state index in [0.717, 1.165) is 18.0 Å². The van der Waals surface area contributed by atoms with Crippen molar-refractivity contribution in [1.82, 2.24) is 10.3 Å². The van der Waals surface area contributed by atoms with E-state index in [1.54, 1.807) is 0 Å². The van der Waals surface area contributed by atoms with E-state index in [0.29, 0.717) is 12.0 Å². The third-order valence-electron chi connectivity index (χ3n) is 3.91. The number of aromatic nitrogens is 1. The van der Waals surface area contributed by atoms with Crippen molar-refractivity contribution in [3.05, 3.63) is 24.0 Å². The highest BCUT2D eigenvalue weighted by atomic mass is 16.5. The zero-order chi connectivity index (χ0) is 14.6. The Bertz CT molecular complexity index is 425. The second kappa shape index (κ2) is 6.57. The van der Waals surface area contributed by atoms with E-state index < -0.39 is 0 Å². The second-order valence-corrected chi connectivity index (χ2v) is 7.00. The Morgan fingerprint density at radius 3 is 2.75 bits per heavy atom. The van der Waals surface area contributed by atoms with Crippen LogP contribution < -0.4 is 10.1 Å². The fourth-order valence-corrected chi connectivity index (χ4v) is 2.61. The molecule has 1 aliphatic rings. The highest BCUT2D eigenvalue weighted by molar-refractivity contribution is 5.23.